The van der Waals surface area contributed by atoms with Crippen molar-refractivity contribution in [2.24, 2.45) is 7.05 Å². The van der Waals surface area contributed by atoms with Gasteiger partial charge in [0.25, 0.3) is 0 Å². The first-order valence-corrected chi connectivity index (χ1v) is 11.1. The van der Waals surface area contributed by atoms with Crippen molar-refractivity contribution in [2.45, 2.75) is 32.4 Å². The summed E-state index contributed by atoms with van der Waals surface area (Å²) >= 11 is 0. The lowest BCUT2D eigenvalue weighted by Gasteiger charge is -2.37. The van der Waals surface area contributed by atoms with E-state index in [-0.39, 0.29) is 0 Å². The molecule has 0 bridgehead atoms. The minimum atomic E-state index is 0.514. The van der Waals surface area contributed by atoms with Crippen LogP contribution in [0.5, 0.6) is 0 Å². The first kappa shape index (κ1) is 20.5. The predicted molar refractivity (Wildman–Crippen MR) is 125 cm³/mol. The zero-order valence-corrected chi connectivity index (χ0v) is 18.8. The van der Waals surface area contributed by atoms with Gasteiger partial charge >= 0.3 is 0 Å². The molecule has 1 aliphatic heterocycles. The predicted octanol–water partition coefficient (Wildman–Crippen LogP) is 3.23. The molecule has 0 unspecified atom stereocenters. The molecule has 1 saturated heterocycles. The van der Waals surface area contributed by atoms with Crippen LogP contribution in [0.2, 0.25) is 0 Å². The maximum atomic E-state index is 4.68. The highest BCUT2D eigenvalue weighted by Crippen LogP contribution is 2.32. The molecule has 1 aromatic carbocycles. The number of nitrogens with zero attached hydrogens (tertiary/aromatic N) is 8. The van der Waals surface area contributed by atoms with E-state index in [1.165, 1.54) is 0 Å². The molecule has 32 heavy (non-hydrogen) atoms. The molecule has 8 nitrogen and oxygen atoms in total. The van der Waals surface area contributed by atoms with Gasteiger partial charge in [-0.15, -0.1) is 10.2 Å². The molecule has 8 heteroatoms. The molecule has 0 spiro atoms. The Kier molecular flexibility index (Phi) is 5.53. The number of hydrogen-bond donors (Lipinski definition) is 0. The van der Waals surface area contributed by atoms with Crippen molar-refractivity contribution in [3.05, 3.63) is 60.3 Å². The third kappa shape index (κ3) is 3.82. The van der Waals surface area contributed by atoms with Gasteiger partial charge in [-0.25, -0.2) is 0 Å². The number of rotatable bonds is 5. The molecule has 0 atom stereocenters. The number of benzene rings is 1. The molecular formula is C24H28N8. The van der Waals surface area contributed by atoms with Crippen molar-refractivity contribution in [1.82, 2.24) is 34.8 Å². The van der Waals surface area contributed by atoms with Gasteiger partial charge in [0.2, 0.25) is 0 Å². The summed E-state index contributed by atoms with van der Waals surface area (Å²) in [5.41, 5.74) is 3.91. The van der Waals surface area contributed by atoms with Crippen LogP contribution in [-0.2, 0) is 13.6 Å². The number of hydrogen-bond acceptors (Lipinski definition) is 7. The lowest BCUT2D eigenvalue weighted by atomic mass is 10.0. The van der Waals surface area contributed by atoms with Gasteiger partial charge in [0.1, 0.15) is 5.69 Å². The highest BCUT2D eigenvalue weighted by molar-refractivity contribution is 5.99. The Bertz CT molecular complexity index is 1230. The molecule has 3 aromatic heterocycles. The van der Waals surface area contributed by atoms with Gasteiger partial charge < -0.3 is 4.90 Å². The highest BCUT2D eigenvalue weighted by Gasteiger charge is 2.26. The van der Waals surface area contributed by atoms with Crippen LogP contribution >= 0.6 is 0 Å². The summed E-state index contributed by atoms with van der Waals surface area (Å²) in [5, 5.41) is 15.9. The summed E-state index contributed by atoms with van der Waals surface area (Å²) in [6.07, 6.45) is 7.48. The quantitative estimate of drug-likeness (QED) is 0.483. The van der Waals surface area contributed by atoms with Crippen LogP contribution in [0.3, 0.4) is 0 Å². The lowest BCUT2D eigenvalue weighted by molar-refractivity contribution is 0.197. The second-order valence-corrected chi connectivity index (χ2v) is 8.48. The van der Waals surface area contributed by atoms with Crippen LogP contribution in [-0.4, -0.2) is 61.0 Å². The summed E-state index contributed by atoms with van der Waals surface area (Å²) in [5.74, 6) is 0.970. The summed E-state index contributed by atoms with van der Waals surface area (Å²) in [6.45, 7) is 4.76. The number of aromatic nitrogens is 6. The van der Waals surface area contributed by atoms with Crippen molar-refractivity contribution < 1.29 is 0 Å². The van der Waals surface area contributed by atoms with E-state index in [1.54, 1.807) is 18.6 Å². The van der Waals surface area contributed by atoms with Gasteiger partial charge in [-0.2, -0.15) is 5.10 Å². The normalized spacial score (nSPS) is 15.1. The van der Waals surface area contributed by atoms with E-state index in [0.29, 0.717) is 6.04 Å². The topological polar surface area (TPSA) is 75.9 Å². The average Bonchev–Trinajstić information content (AvgIpc) is 3.25. The Labute approximate surface area is 187 Å². The van der Waals surface area contributed by atoms with E-state index < -0.39 is 0 Å². The molecular weight excluding hydrogens is 400 g/mol. The number of aryl methyl sites for hydroxylation is 2. The van der Waals surface area contributed by atoms with Crippen molar-refractivity contribution in [3.63, 3.8) is 0 Å². The standard InChI is InChI=1S/C24H28N8/c1-17-21(26-13-12-25-17)16-30(2)18-9-14-32(15-10-18)24-20-7-5-4-6-19(20)23(28-29-24)22-8-11-27-31(22)3/h4-8,11-13,18H,9-10,14-16H2,1-3H3. The fraction of sp³-hybridized carbons (Fsp3) is 0.375. The number of fused-ring (bicyclic) bond motifs is 1. The van der Waals surface area contributed by atoms with E-state index in [4.69, 9.17) is 0 Å². The lowest BCUT2D eigenvalue weighted by Crippen LogP contribution is -2.43. The number of anilines is 1. The fourth-order valence-corrected chi connectivity index (χ4v) is 4.59. The minimum Gasteiger partial charge on any atom is -0.354 e. The van der Waals surface area contributed by atoms with E-state index >= 15 is 0 Å². The van der Waals surface area contributed by atoms with Crippen LogP contribution in [0, 0.1) is 6.92 Å². The summed E-state index contributed by atoms with van der Waals surface area (Å²) in [6, 6.07) is 10.9. The molecule has 0 N–H and O–H groups in total. The van der Waals surface area contributed by atoms with Crippen LogP contribution < -0.4 is 4.90 Å². The average molecular weight is 429 g/mol. The third-order valence-electron chi connectivity index (χ3n) is 6.50. The maximum absolute atomic E-state index is 4.68. The minimum absolute atomic E-state index is 0.514. The van der Waals surface area contributed by atoms with Gasteiger partial charge in [0.05, 0.1) is 17.1 Å². The van der Waals surface area contributed by atoms with Gasteiger partial charge in [-0.1, -0.05) is 24.3 Å². The Morgan fingerprint density at radius 1 is 0.969 bits per heavy atom. The van der Waals surface area contributed by atoms with Gasteiger partial charge in [-0.05, 0) is 32.9 Å². The number of piperidine rings is 1. The van der Waals surface area contributed by atoms with E-state index in [9.17, 15) is 0 Å². The van der Waals surface area contributed by atoms with Crippen molar-refractivity contribution in [3.8, 4) is 11.4 Å². The largest absolute Gasteiger partial charge is 0.354 e. The zero-order chi connectivity index (χ0) is 22.1. The Balaban J connectivity index is 1.34. The molecule has 4 heterocycles. The summed E-state index contributed by atoms with van der Waals surface area (Å²) < 4.78 is 1.84. The zero-order valence-electron chi connectivity index (χ0n) is 18.8. The molecule has 1 fully saturated rings. The fourth-order valence-electron chi connectivity index (χ4n) is 4.59. The van der Waals surface area contributed by atoms with Crippen molar-refractivity contribution >= 4 is 16.6 Å². The monoisotopic (exact) mass is 428 g/mol. The van der Waals surface area contributed by atoms with E-state index in [0.717, 1.165) is 71.8 Å². The smallest absolute Gasteiger partial charge is 0.159 e. The van der Waals surface area contributed by atoms with Crippen LogP contribution in [0.1, 0.15) is 24.2 Å². The Hall–Kier alpha value is -3.39. The third-order valence-corrected chi connectivity index (χ3v) is 6.50. The molecule has 0 radical (unpaired) electrons. The Morgan fingerprint density at radius 2 is 1.72 bits per heavy atom. The van der Waals surface area contributed by atoms with Crippen LogP contribution in [0.4, 0.5) is 5.82 Å². The molecule has 0 saturated carbocycles. The first-order valence-electron chi connectivity index (χ1n) is 11.1. The van der Waals surface area contributed by atoms with Crippen molar-refractivity contribution in [2.75, 3.05) is 25.0 Å². The SMILES string of the molecule is Cc1nccnc1CN(C)C1CCN(c2nnc(-c3ccnn3C)c3ccccc23)CC1. The molecule has 5 rings (SSSR count). The van der Waals surface area contributed by atoms with E-state index in [2.05, 4.69) is 66.4 Å². The Morgan fingerprint density at radius 3 is 2.44 bits per heavy atom. The van der Waals surface area contributed by atoms with Gasteiger partial charge in [0.15, 0.2) is 5.82 Å². The van der Waals surface area contributed by atoms with E-state index in [1.807, 2.05) is 24.7 Å². The van der Waals surface area contributed by atoms with Gasteiger partial charge in [-0.3, -0.25) is 19.5 Å². The maximum Gasteiger partial charge on any atom is 0.159 e. The molecule has 0 aliphatic carbocycles. The highest BCUT2D eigenvalue weighted by atomic mass is 15.3. The van der Waals surface area contributed by atoms with Crippen molar-refractivity contribution in [1.29, 1.82) is 0 Å². The second kappa shape index (κ2) is 8.63. The summed E-state index contributed by atoms with van der Waals surface area (Å²) in [7, 11) is 4.12. The molecule has 4 aromatic rings. The summed E-state index contributed by atoms with van der Waals surface area (Å²) in [4.78, 5) is 13.7. The first-order chi connectivity index (χ1) is 15.6. The van der Waals surface area contributed by atoms with Gasteiger partial charge in [0, 0.05) is 62.1 Å². The molecule has 0 amide bonds. The molecule has 164 valence electrons. The second-order valence-electron chi connectivity index (χ2n) is 8.48. The molecule has 1 aliphatic rings. The van der Waals surface area contributed by atoms with Crippen LogP contribution in [0.15, 0.2) is 48.9 Å². The van der Waals surface area contributed by atoms with Crippen LogP contribution in [0.25, 0.3) is 22.2 Å².